The van der Waals surface area contributed by atoms with Crippen LogP contribution in [0.2, 0.25) is 0 Å². The molecule has 2 radical (unpaired) electrons. The maximum Gasteiger partial charge on any atom is 0.246 e. The predicted molar refractivity (Wildman–Crippen MR) is 111 cm³/mol. The largest absolute Gasteiger partial charge is 0.411 e. The van der Waals surface area contributed by atoms with Crippen molar-refractivity contribution in [3.05, 3.63) is 36.3 Å². The van der Waals surface area contributed by atoms with Gasteiger partial charge in [-0.15, -0.1) is 0 Å². The lowest BCUT2D eigenvalue weighted by Gasteiger charge is -2.12. The van der Waals surface area contributed by atoms with E-state index in [-0.39, 0.29) is 12.5 Å². The second-order valence-electron chi connectivity index (χ2n) is 6.77. The molecule has 0 spiro atoms. The Morgan fingerprint density at radius 1 is 1.38 bits per heavy atom. The van der Waals surface area contributed by atoms with Crippen LogP contribution in [0.1, 0.15) is 5.69 Å². The number of ether oxygens (including phenoxy) is 1. The number of imidazole rings is 1. The van der Waals surface area contributed by atoms with Crippen LogP contribution >= 0.6 is 0 Å². The van der Waals surface area contributed by atoms with Gasteiger partial charge in [-0.05, 0) is 25.2 Å². The number of hydrogen-bond donors (Lipinski definition) is 2. The highest BCUT2D eigenvalue weighted by atomic mass is 16.5. The molecule has 0 bridgehead atoms. The van der Waals surface area contributed by atoms with Crippen molar-refractivity contribution < 1.29 is 9.53 Å². The molecular weight excluding hydrogens is 369 g/mol. The van der Waals surface area contributed by atoms with Crippen LogP contribution in [0.3, 0.4) is 0 Å². The molecule has 146 valence electrons. The molecule has 2 N–H and O–H groups in total. The third-order valence-corrected chi connectivity index (χ3v) is 4.58. The van der Waals surface area contributed by atoms with E-state index in [2.05, 4.69) is 25.3 Å². The number of aromatic amines is 1. The van der Waals surface area contributed by atoms with Gasteiger partial charge in [-0.1, -0.05) is 6.07 Å². The molecule has 0 aliphatic heterocycles. The van der Waals surface area contributed by atoms with Gasteiger partial charge in [-0.2, -0.15) is 0 Å². The summed E-state index contributed by atoms with van der Waals surface area (Å²) in [6, 6.07) is 7.67. The summed E-state index contributed by atoms with van der Waals surface area (Å²) in [6.45, 7) is 0.342. The Balaban J connectivity index is 1.74. The first-order valence-electron chi connectivity index (χ1n) is 9.02. The maximum atomic E-state index is 11.6. The van der Waals surface area contributed by atoms with Crippen molar-refractivity contribution >= 4 is 41.8 Å². The number of nitrogens with zero attached hydrogens (tertiary/aromatic N) is 5. The van der Waals surface area contributed by atoms with Gasteiger partial charge in [0.2, 0.25) is 13.9 Å². The van der Waals surface area contributed by atoms with Crippen molar-refractivity contribution in [3.63, 3.8) is 0 Å². The first-order valence-corrected chi connectivity index (χ1v) is 9.02. The zero-order chi connectivity index (χ0) is 20.5. The van der Waals surface area contributed by atoms with Crippen LogP contribution in [0.25, 0.3) is 33.5 Å². The summed E-state index contributed by atoms with van der Waals surface area (Å²) < 4.78 is 6.76. The molecule has 4 aromatic rings. The predicted octanol–water partition coefficient (Wildman–Crippen LogP) is 1.29. The lowest BCUT2D eigenvalue weighted by atomic mass is 10.2. The van der Waals surface area contributed by atoms with Crippen LogP contribution in [-0.4, -0.2) is 59.2 Å². The average molecular weight is 389 g/mol. The summed E-state index contributed by atoms with van der Waals surface area (Å²) in [4.78, 5) is 30.1. The molecule has 10 heteroatoms. The fourth-order valence-corrected chi connectivity index (χ4v) is 3.27. The molecule has 0 aromatic carbocycles. The quantitative estimate of drug-likeness (QED) is 0.482. The van der Waals surface area contributed by atoms with Crippen LogP contribution in [0.15, 0.2) is 30.6 Å². The molecular formula is C19H20BN7O2. The number of pyridine rings is 2. The van der Waals surface area contributed by atoms with E-state index in [4.69, 9.17) is 12.7 Å². The van der Waals surface area contributed by atoms with E-state index < -0.39 is 0 Å². The lowest BCUT2D eigenvalue weighted by Crippen LogP contribution is -2.26. The van der Waals surface area contributed by atoms with Crippen LogP contribution in [0.4, 0.5) is 5.82 Å². The minimum absolute atomic E-state index is 0.0198. The Labute approximate surface area is 168 Å². The van der Waals surface area contributed by atoms with Crippen LogP contribution in [-0.2, 0) is 23.1 Å². The Morgan fingerprint density at radius 2 is 2.21 bits per heavy atom. The number of aromatic nitrogens is 5. The van der Waals surface area contributed by atoms with Gasteiger partial charge in [0.1, 0.15) is 23.6 Å². The van der Waals surface area contributed by atoms with Crippen LogP contribution < -0.4 is 10.1 Å². The average Bonchev–Trinajstić information content (AvgIpc) is 3.29. The van der Waals surface area contributed by atoms with Gasteiger partial charge in [0.15, 0.2) is 0 Å². The smallest absolute Gasteiger partial charge is 0.246 e. The number of amides is 1. The number of carbonyl (C=O) groups is 1. The Bertz CT molecular complexity index is 1200. The maximum absolute atomic E-state index is 11.6. The van der Waals surface area contributed by atoms with E-state index in [1.165, 1.54) is 11.9 Å². The van der Waals surface area contributed by atoms with Crippen molar-refractivity contribution in [2.45, 2.75) is 6.54 Å². The van der Waals surface area contributed by atoms with Crippen molar-refractivity contribution in [1.29, 1.82) is 0 Å². The Morgan fingerprint density at radius 3 is 2.97 bits per heavy atom. The number of hydrogen-bond acceptors (Lipinski definition) is 6. The first kappa shape index (κ1) is 18.9. The zero-order valence-corrected chi connectivity index (χ0v) is 16.4. The number of anilines is 1. The molecule has 0 atom stereocenters. The minimum Gasteiger partial charge on any atom is -0.411 e. The highest BCUT2D eigenvalue weighted by Crippen LogP contribution is 2.32. The monoisotopic (exact) mass is 389 g/mol. The van der Waals surface area contributed by atoms with Gasteiger partial charge >= 0.3 is 0 Å². The molecule has 0 fully saturated rings. The van der Waals surface area contributed by atoms with Crippen molar-refractivity contribution in [2.75, 3.05) is 25.6 Å². The number of rotatable bonds is 6. The fraction of sp³-hybridized carbons (Fsp3) is 0.263. The van der Waals surface area contributed by atoms with E-state index in [9.17, 15) is 4.79 Å². The van der Waals surface area contributed by atoms with Gasteiger partial charge < -0.3 is 24.4 Å². The molecule has 9 nitrogen and oxygen atoms in total. The fourth-order valence-electron chi connectivity index (χ4n) is 3.27. The van der Waals surface area contributed by atoms with Gasteiger partial charge in [0.25, 0.3) is 0 Å². The van der Waals surface area contributed by atoms with Gasteiger partial charge in [-0.3, -0.25) is 4.79 Å². The van der Waals surface area contributed by atoms with E-state index in [0.717, 1.165) is 33.5 Å². The summed E-state index contributed by atoms with van der Waals surface area (Å²) in [5.74, 6) is 0.399. The molecule has 0 unspecified atom stereocenters. The highest BCUT2D eigenvalue weighted by Gasteiger charge is 2.17. The first-order chi connectivity index (χ1) is 14.0. The van der Waals surface area contributed by atoms with Crippen molar-refractivity contribution in [3.8, 4) is 11.4 Å². The van der Waals surface area contributed by atoms with E-state index >= 15 is 0 Å². The number of carbonyl (C=O) groups excluding carboxylic acids is 1. The highest BCUT2D eigenvalue weighted by molar-refractivity contribution is 6.20. The van der Waals surface area contributed by atoms with Gasteiger partial charge in [0.05, 0.1) is 35.5 Å². The number of H-pyrrole nitrogens is 1. The molecule has 4 rings (SSSR count). The van der Waals surface area contributed by atoms with Gasteiger partial charge in [0, 0.05) is 19.5 Å². The van der Waals surface area contributed by atoms with Crippen LogP contribution in [0, 0.1) is 0 Å². The summed E-state index contributed by atoms with van der Waals surface area (Å²) in [5.41, 5.74) is 4.68. The summed E-state index contributed by atoms with van der Waals surface area (Å²) in [6.07, 6.45) is 1.74. The zero-order valence-electron chi connectivity index (χ0n) is 16.4. The number of methoxy groups -OCH3 is 1. The van der Waals surface area contributed by atoms with E-state index in [1.807, 2.05) is 35.9 Å². The molecule has 0 saturated heterocycles. The van der Waals surface area contributed by atoms with Gasteiger partial charge in [-0.25, -0.2) is 15.0 Å². The Kier molecular flexibility index (Phi) is 4.93. The topological polar surface area (TPSA) is 101 Å². The molecule has 0 saturated carbocycles. The third-order valence-electron chi connectivity index (χ3n) is 4.58. The second kappa shape index (κ2) is 7.55. The van der Waals surface area contributed by atoms with Crippen molar-refractivity contribution in [1.82, 2.24) is 29.8 Å². The number of aryl methyl sites for hydroxylation is 1. The molecule has 1 amide bonds. The number of nitrogens with one attached hydrogen (secondary N) is 2. The molecule has 0 aliphatic rings. The normalized spacial score (nSPS) is 11.3. The molecule has 4 heterocycles. The summed E-state index contributed by atoms with van der Waals surface area (Å²) in [7, 11) is 11.1. The Hall–Kier alpha value is -3.40. The molecule has 4 aromatic heterocycles. The van der Waals surface area contributed by atoms with Crippen molar-refractivity contribution in [2.24, 2.45) is 7.05 Å². The minimum atomic E-state index is -0.188. The SMILES string of the molecule is [B]N(C)c1nc2[nH]c(-c3cccc(CNC(=O)COC)n3)cc2c2c1ncn2C. The lowest BCUT2D eigenvalue weighted by molar-refractivity contribution is -0.124. The summed E-state index contributed by atoms with van der Waals surface area (Å²) in [5, 5.41) is 3.70. The second-order valence-corrected chi connectivity index (χ2v) is 6.77. The van der Waals surface area contributed by atoms with Crippen LogP contribution in [0.5, 0.6) is 0 Å². The third kappa shape index (κ3) is 3.54. The molecule has 0 aliphatic carbocycles. The number of fused-ring (bicyclic) bond motifs is 3. The standard InChI is InChI=1S/C19H20BN7O2/c1-26-10-22-16-17(26)12-7-14(24-18(12)25-19(16)27(2)20)13-6-4-5-11(23-13)8-21-15(28)9-29-3/h4-7,10H,8-9H2,1-3H3,(H,21,28)(H,24,25). The summed E-state index contributed by atoms with van der Waals surface area (Å²) >= 11 is 0. The molecule has 29 heavy (non-hydrogen) atoms. The van der Waals surface area contributed by atoms with E-state index in [0.29, 0.717) is 18.0 Å². The van der Waals surface area contributed by atoms with E-state index in [1.54, 1.807) is 13.4 Å².